The number of hydrogen-bond donors (Lipinski definition) is 1. The number of nitrogens with one attached hydrogen (secondary N) is 1. The van der Waals surface area contributed by atoms with Gasteiger partial charge >= 0.3 is 6.03 Å². The maximum atomic E-state index is 12.1. The molecule has 1 aliphatic rings. The Morgan fingerprint density at radius 3 is 3.00 bits per heavy atom. The number of carbonyl (C=O) groups excluding carboxylic acids is 1. The average molecular weight is 331 g/mol. The van der Waals surface area contributed by atoms with E-state index in [1.807, 2.05) is 15.6 Å². The normalized spacial score (nSPS) is 13.4. The summed E-state index contributed by atoms with van der Waals surface area (Å²) in [5.41, 5.74) is 1.91. The van der Waals surface area contributed by atoms with Crippen LogP contribution in [-0.4, -0.2) is 63.3 Å². The number of amides is 2. The highest BCUT2D eigenvalue weighted by molar-refractivity contribution is 5.73. The molecule has 0 atom stereocenters. The van der Waals surface area contributed by atoms with Gasteiger partial charge in [0.2, 0.25) is 11.8 Å². The largest absolute Gasteiger partial charge is 0.481 e. The number of carbonyl (C=O) groups is 1. The number of aromatic nitrogens is 4. The minimum absolute atomic E-state index is 0.0203. The summed E-state index contributed by atoms with van der Waals surface area (Å²) in [6, 6.07) is 3.71. The Labute approximate surface area is 140 Å². The van der Waals surface area contributed by atoms with Crippen LogP contribution in [0.4, 0.5) is 10.7 Å². The molecule has 0 radical (unpaired) electrons. The predicted octanol–water partition coefficient (Wildman–Crippen LogP) is 0.791. The van der Waals surface area contributed by atoms with Crippen LogP contribution in [0.15, 0.2) is 18.3 Å². The average Bonchev–Trinajstić information content (AvgIpc) is 3.01. The van der Waals surface area contributed by atoms with Gasteiger partial charge in [-0.25, -0.2) is 9.78 Å². The monoisotopic (exact) mass is 331 g/mol. The molecule has 128 valence electrons. The molecule has 3 rings (SSSR count). The molecule has 2 aromatic heterocycles. The standard InChI is InChI=1S/C15H21N7O2/c1-20(2)15(23)21-6-7-22-12(10-21)8-11(19-22)9-17-14-16-5-4-13(18-14)24-3/h4-5,8H,6-7,9-10H2,1-3H3,(H,16,17,18). The fraction of sp³-hybridized carbons (Fsp3) is 0.467. The lowest BCUT2D eigenvalue weighted by molar-refractivity contribution is 0.155. The zero-order valence-electron chi connectivity index (χ0n) is 14.1. The molecule has 0 bridgehead atoms. The number of urea groups is 1. The Morgan fingerprint density at radius 1 is 1.42 bits per heavy atom. The molecule has 1 N–H and O–H groups in total. The minimum atomic E-state index is 0.0203. The van der Waals surface area contributed by atoms with Gasteiger partial charge in [0.05, 0.1) is 38.1 Å². The summed E-state index contributed by atoms with van der Waals surface area (Å²) < 4.78 is 7.02. The van der Waals surface area contributed by atoms with E-state index in [0.717, 1.165) is 11.4 Å². The molecule has 0 saturated heterocycles. The van der Waals surface area contributed by atoms with Crippen LogP contribution in [0.25, 0.3) is 0 Å². The lowest BCUT2D eigenvalue weighted by Gasteiger charge is -2.29. The van der Waals surface area contributed by atoms with Crippen molar-refractivity contribution in [3.63, 3.8) is 0 Å². The highest BCUT2D eigenvalue weighted by Crippen LogP contribution is 2.16. The number of ether oxygens (including phenoxy) is 1. The first kappa shape index (κ1) is 16.0. The molecule has 2 amide bonds. The SMILES string of the molecule is COc1ccnc(NCc2cc3n(n2)CCN(C(=O)N(C)C)C3)n1. The van der Waals surface area contributed by atoms with Crippen LogP contribution in [0.1, 0.15) is 11.4 Å². The zero-order valence-corrected chi connectivity index (χ0v) is 14.1. The third-order valence-electron chi connectivity index (χ3n) is 3.77. The fourth-order valence-electron chi connectivity index (χ4n) is 2.57. The van der Waals surface area contributed by atoms with Crippen LogP contribution in [-0.2, 0) is 19.6 Å². The molecule has 0 spiro atoms. The van der Waals surface area contributed by atoms with E-state index >= 15 is 0 Å². The van der Waals surface area contributed by atoms with Crippen LogP contribution in [0.5, 0.6) is 5.88 Å². The van der Waals surface area contributed by atoms with Crippen LogP contribution in [0.2, 0.25) is 0 Å². The van der Waals surface area contributed by atoms with Crippen molar-refractivity contribution in [1.82, 2.24) is 29.5 Å². The smallest absolute Gasteiger partial charge is 0.319 e. The lowest BCUT2D eigenvalue weighted by Crippen LogP contribution is -2.43. The summed E-state index contributed by atoms with van der Waals surface area (Å²) in [4.78, 5) is 23.8. The molecule has 9 heteroatoms. The summed E-state index contributed by atoms with van der Waals surface area (Å²) in [6.07, 6.45) is 1.64. The number of nitrogens with zero attached hydrogens (tertiary/aromatic N) is 6. The molecule has 1 aliphatic heterocycles. The summed E-state index contributed by atoms with van der Waals surface area (Å²) in [7, 11) is 5.09. The molecule has 2 aromatic rings. The van der Waals surface area contributed by atoms with Gasteiger partial charge in [-0.05, 0) is 6.07 Å². The lowest BCUT2D eigenvalue weighted by atomic mass is 10.3. The first-order valence-electron chi connectivity index (χ1n) is 7.69. The Hall–Kier alpha value is -2.84. The molecular weight excluding hydrogens is 310 g/mol. The van der Waals surface area contributed by atoms with Crippen molar-refractivity contribution >= 4 is 12.0 Å². The van der Waals surface area contributed by atoms with Crippen molar-refractivity contribution in [1.29, 1.82) is 0 Å². The maximum Gasteiger partial charge on any atom is 0.319 e. The molecule has 24 heavy (non-hydrogen) atoms. The van der Waals surface area contributed by atoms with Gasteiger partial charge < -0.3 is 19.9 Å². The van der Waals surface area contributed by atoms with Crippen molar-refractivity contribution in [2.24, 2.45) is 0 Å². The first-order chi connectivity index (χ1) is 11.6. The van der Waals surface area contributed by atoms with Gasteiger partial charge in [0.1, 0.15) is 0 Å². The van der Waals surface area contributed by atoms with Gasteiger partial charge in [0.25, 0.3) is 0 Å². The van der Waals surface area contributed by atoms with Gasteiger partial charge in [0, 0.05) is 32.9 Å². The predicted molar refractivity (Wildman–Crippen MR) is 87.6 cm³/mol. The molecular formula is C15H21N7O2. The topological polar surface area (TPSA) is 88.4 Å². The number of fused-ring (bicyclic) bond motifs is 1. The molecule has 0 saturated carbocycles. The van der Waals surface area contributed by atoms with Gasteiger partial charge in [-0.2, -0.15) is 10.1 Å². The fourth-order valence-corrected chi connectivity index (χ4v) is 2.57. The second kappa shape index (κ2) is 6.73. The number of hydrogen-bond acceptors (Lipinski definition) is 6. The molecule has 0 fully saturated rings. The van der Waals surface area contributed by atoms with Crippen molar-refractivity contribution in [2.45, 2.75) is 19.6 Å². The van der Waals surface area contributed by atoms with E-state index in [1.165, 1.54) is 0 Å². The van der Waals surface area contributed by atoms with E-state index in [1.54, 1.807) is 38.4 Å². The molecule has 3 heterocycles. The zero-order chi connectivity index (χ0) is 17.1. The summed E-state index contributed by atoms with van der Waals surface area (Å²) in [6.45, 7) is 2.44. The van der Waals surface area contributed by atoms with Gasteiger partial charge in [-0.3, -0.25) is 4.68 Å². The molecule has 9 nitrogen and oxygen atoms in total. The van der Waals surface area contributed by atoms with Crippen LogP contribution < -0.4 is 10.1 Å². The summed E-state index contributed by atoms with van der Waals surface area (Å²) >= 11 is 0. The second-order valence-corrected chi connectivity index (χ2v) is 5.72. The molecule has 0 unspecified atom stereocenters. The van der Waals surface area contributed by atoms with Gasteiger partial charge in [-0.1, -0.05) is 0 Å². The van der Waals surface area contributed by atoms with E-state index in [-0.39, 0.29) is 6.03 Å². The number of methoxy groups -OCH3 is 1. The van der Waals surface area contributed by atoms with Crippen LogP contribution >= 0.6 is 0 Å². The van der Waals surface area contributed by atoms with Crippen LogP contribution in [0, 0.1) is 0 Å². The quantitative estimate of drug-likeness (QED) is 0.891. The van der Waals surface area contributed by atoms with Crippen molar-refractivity contribution in [3.8, 4) is 5.88 Å². The Balaban J connectivity index is 1.64. The van der Waals surface area contributed by atoms with Gasteiger partial charge in [0.15, 0.2) is 0 Å². The first-order valence-corrected chi connectivity index (χ1v) is 7.69. The molecule has 0 aromatic carbocycles. The summed E-state index contributed by atoms with van der Waals surface area (Å²) in [5, 5.41) is 7.69. The Bertz CT molecular complexity index is 728. The van der Waals surface area contributed by atoms with Crippen molar-refractivity contribution < 1.29 is 9.53 Å². The maximum absolute atomic E-state index is 12.1. The van der Waals surface area contributed by atoms with E-state index < -0.39 is 0 Å². The Morgan fingerprint density at radius 2 is 2.25 bits per heavy atom. The van der Waals surface area contributed by atoms with Crippen molar-refractivity contribution in [3.05, 3.63) is 29.7 Å². The third-order valence-corrected chi connectivity index (χ3v) is 3.77. The Kier molecular flexibility index (Phi) is 4.50. The minimum Gasteiger partial charge on any atom is -0.481 e. The summed E-state index contributed by atoms with van der Waals surface area (Å²) in [5.74, 6) is 0.999. The second-order valence-electron chi connectivity index (χ2n) is 5.72. The highest BCUT2D eigenvalue weighted by atomic mass is 16.5. The number of rotatable bonds is 4. The van der Waals surface area contributed by atoms with E-state index in [0.29, 0.717) is 38.0 Å². The van der Waals surface area contributed by atoms with E-state index in [4.69, 9.17) is 4.74 Å². The molecule has 0 aliphatic carbocycles. The van der Waals surface area contributed by atoms with Gasteiger partial charge in [-0.15, -0.1) is 0 Å². The van der Waals surface area contributed by atoms with Crippen molar-refractivity contribution in [2.75, 3.05) is 33.1 Å². The number of anilines is 1. The van der Waals surface area contributed by atoms with Crippen LogP contribution in [0.3, 0.4) is 0 Å². The highest BCUT2D eigenvalue weighted by Gasteiger charge is 2.23. The van der Waals surface area contributed by atoms with E-state index in [9.17, 15) is 4.79 Å². The van der Waals surface area contributed by atoms with E-state index in [2.05, 4.69) is 20.4 Å². The third kappa shape index (κ3) is 3.39.